The summed E-state index contributed by atoms with van der Waals surface area (Å²) in [6, 6.07) is 4.24. The Balaban J connectivity index is 2.70. The van der Waals surface area contributed by atoms with Gasteiger partial charge in [-0.25, -0.2) is 9.18 Å². The van der Waals surface area contributed by atoms with Gasteiger partial charge < -0.3 is 5.11 Å². The third-order valence-electron chi connectivity index (χ3n) is 2.13. The zero-order valence-electron chi connectivity index (χ0n) is 7.91. The van der Waals surface area contributed by atoms with Crippen LogP contribution in [0.1, 0.15) is 10.4 Å². The Morgan fingerprint density at radius 2 is 2.06 bits per heavy atom. The lowest BCUT2D eigenvalue weighted by Gasteiger charge is -2.05. The van der Waals surface area contributed by atoms with Crippen LogP contribution in [-0.2, 0) is 0 Å². The molecule has 0 unspecified atom stereocenters. The highest BCUT2D eigenvalue weighted by molar-refractivity contribution is 9.10. The van der Waals surface area contributed by atoms with Gasteiger partial charge in [0, 0.05) is 21.0 Å². The van der Waals surface area contributed by atoms with E-state index in [1.807, 2.05) is 5.38 Å². The molecule has 1 aromatic heterocycles. The number of benzene rings is 1. The monoisotopic (exact) mass is 300 g/mol. The first-order valence-corrected chi connectivity index (χ1v) is 6.08. The molecule has 0 aliphatic rings. The molecule has 2 rings (SSSR count). The molecule has 1 N–H and O–H groups in total. The molecule has 82 valence electrons. The number of carboxylic acids is 1. The van der Waals surface area contributed by atoms with Crippen molar-refractivity contribution in [2.75, 3.05) is 0 Å². The van der Waals surface area contributed by atoms with Crippen LogP contribution in [0.3, 0.4) is 0 Å². The molecule has 5 heteroatoms. The van der Waals surface area contributed by atoms with Crippen LogP contribution in [0.25, 0.3) is 11.1 Å². The molecule has 0 saturated heterocycles. The summed E-state index contributed by atoms with van der Waals surface area (Å²) < 4.78 is 14.2. The molecule has 0 fully saturated rings. The van der Waals surface area contributed by atoms with E-state index in [-0.39, 0.29) is 5.56 Å². The molecule has 0 aliphatic carbocycles. The first-order valence-electron chi connectivity index (χ1n) is 4.35. The Kier molecular flexibility index (Phi) is 3.07. The Hall–Kier alpha value is -1.20. The van der Waals surface area contributed by atoms with Crippen molar-refractivity contribution in [1.82, 2.24) is 0 Å². The molecule has 1 heterocycles. The zero-order valence-corrected chi connectivity index (χ0v) is 10.3. The van der Waals surface area contributed by atoms with Gasteiger partial charge in [0.2, 0.25) is 0 Å². The van der Waals surface area contributed by atoms with Crippen molar-refractivity contribution >= 4 is 33.2 Å². The SMILES string of the molecule is O=C(O)c1c(F)cccc1-c1cscc1Br. The summed E-state index contributed by atoms with van der Waals surface area (Å²) >= 11 is 4.73. The zero-order chi connectivity index (χ0) is 11.7. The maximum Gasteiger partial charge on any atom is 0.339 e. The van der Waals surface area contributed by atoms with E-state index in [0.29, 0.717) is 11.1 Å². The summed E-state index contributed by atoms with van der Waals surface area (Å²) in [4.78, 5) is 11.0. The summed E-state index contributed by atoms with van der Waals surface area (Å²) in [7, 11) is 0. The van der Waals surface area contributed by atoms with E-state index in [1.54, 1.807) is 11.4 Å². The molecular weight excluding hydrogens is 295 g/mol. The normalized spacial score (nSPS) is 10.4. The van der Waals surface area contributed by atoms with Crippen LogP contribution in [0, 0.1) is 5.82 Å². The first kappa shape index (κ1) is 11.3. The summed E-state index contributed by atoms with van der Waals surface area (Å²) in [5, 5.41) is 12.6. The number of aromatic carboxylic acids is 1. The Labute approximate surface area is 103 Å². The molecular formula is C11H6BrFO2S. The Morgan fingerprint density at radius 3 is 2.62 bits per heavy atom. The van der Waals surface area contributed by atoms with Gasteiger partial charge in [0.25, 0.3) is 0 Å². The van der Waals surface area contributed by atoms with Gasteiger partial charge in [-0.3, -0.25) is 0 Å². The number of hydrogen-bond acceptors (Lipinski definition) is 2. The highest BCUT2D eigenvalue weighted by Gasteiger charge is 2.18. The van der Waals surface area contributed by atoms with Crippen molar-refractivity contribution < 1.29 is 14.3 Å². The van der Waals surface area contributed by atoms with Gasteiger partial charge in [0.1, 0.15) is 11.4 Å². The van der Waals surface area contributed by atoms with Crippen LogP contribution in [0.4, 0.5) is 4.39 Å². The minimum Gasteiger partial charge on any atom is -0.478 e. The number of rotatable bonds is 2. The molecule has 0 saturated carbocycles. The lowest BCUT2D eigenvalue weighted by atomic mass is 10.0. The Bertz CT molecular complexity index is 551. The van der Waals surface area contributed by atoms with E-state index >= 15 is 0 Å². The fraction of sp³-hybridized carbons (Fsp3) is 0. The second-order valence-electron chi connectivity index (χ2n) is 3.10. The van der Waals surface area contributed by atoms with Crippen molar-refractivity contribution in [3.63, 3.8) is 0 Å². The lowest BCUT2D eigenvalue weighted by Crippen LogP contribution is -2.03. The van der Waals surface area contributed by atoms with Gasteiger partial charge in [0.15, 0.2) is 0 Å². The van der Waals surface area contributed by atoms with Crippen LogP contribution in [-0.4, -0.2) is 11.1 Å². The van der Waals surface area contributed by atoms with Crippen LogP contribution in [0.15, 0.2) is 33.4 Å². The predicted octanol–water partition coefficient (Wildman–Crippen LogP) is 4.01. The number of carboxylic acid groups (broad SMARTS) is 1. The fourth-order valence-corrected chi connectivity index (χ4v) is 2.95. The maximum absolute atomic E-state index is 13.4. The fourth-order valence-electron chi connectivity index (χ4n) is 1.44. The third kappa shape index (κ3) is 1.88. The van der Waals surface area contributed by atoms with Gasteiger partial charge in [-0.2, -0.15) is 11.3 Å². The average molecular weight is 301 g/mol. The molecule has 0 bridgehead atoms. The van der Waals surface area contributed by atoms with E-state index in [9.17, 15) is 9.18 Å². The lowest BCUT2D eigenvalue weighted by molar-refractivity contribution is 0.0693. The molecule has 0 spiro atoms. The molecule has 2 nitrogen and oxygen atoms in total. The van der Waals surface area contributed by atoms with Crippen molar-refractivity contribution in [3.05, 3.63) is 44.8 Å². The van der Waals surface area contributed by atoms with E-state index in [1.165, 1.54) is 17.4 Å². The number of hydrogen-bond donors (Lipinski definition) is 1. The van der Waals surface area contributed by atoms with Crippen LogP contribution in [0.2, 0.25) is 0 Å². The van der Waals surface area contributed by atoms with Gasteiger partial charge >= 0.3 is 5.97 Å². The molecule has 2 aromatic rings. The second-order valence-corrected chi connectivity index (χ2v) is 4.70. The number of thiophene rings is 1. The summed E-state index contributed by atoms with van der Waals surface area (Å²) in [5.74, 6) is -1.98. The van der Waals surface area contributed by atoms with Gasteiger partial charge in [-0.05, 0) is 27.4 Å². The largest absolute Gasteiger partial charge is 0.478 e. The van der Waals surface area contributed by atoms with Crippen molar-refractivity contribution in [2.24, 2.45) is 0 Å². The predicted molar refractivity (Wildman–Crippen MR) is 64.4 cm³/mol. The average Bonchev–Trinajstić information content (AvgIpc) is 2.63. The maximum atomic E-state index is 13.4. The number of halogens is 2. The van der Waals surface area contributed by atoms with Crippen LogP contribution >= 0.6 is 27.3 Å². The second kappa shape index (κ2) is 4.35. The van der Waals surface area contributed by atoms with E-state index in [2.05, 4.69) is 15.9 Å². The van der Waals surface area contributed by atoms with Crippen molar-refractivity contribution in [1.29, 1.82) is 0 Å². The van der Waals surface area contributed by atoms with Crippen molar-refractivity contribution in [3.8, 4) is 11.1 Å². The molecule has 0 atom stereocenters. The third-order valence-corrected chi connectivity index (χ3v) is 3.84. The molecule has 0 radical (unpaired) electrons. The number of carbonyl (C=O) groups is 1. The molecule has 0 amide bonds. The minimum absolute atomic E-state index is 0.290. The summed E-state index contributed by atoms with van der Waals surface area (Å²) in [6.07, 6.45) is 0. The van der Waals surface area contributed by atoms with Crippen molar-refractivity contribution in [2.45, 2.75) is 0 Å². The molecule has 16 heavy (non-hydrogen) atoms. The standard InChI is InChI=1S/C11H6BrFO2S/c12-8-5-16-4-7(8)6-2-1-3-9(13)10(6)11(14)15/h1-5H,(H,14,15). The van der Waals surface area contributed by atoms with Gasteiger partial charge in [-0.1, -0.05) is 12.1 Å². The quantitative estimate of drug-likeness (QED) is 0.910. The van der Waals surface area contributed by atoms with E-state index in [4.69, 9.17) is 5.11 Å². The molecule has 1 aromatic carbocycles. The van der Waals surface area contributed by atoms with Crippen LogP contribution in [0.5, 0.6) is 0 Å². The smallest absolute Gasteiger partial charge is 0.339 e. The Morgan fingerprint density at radius 1 is 1.31 bits per heavy atom. The highest BCUT2D eigenvalue weighted by Crippen LogP contribution is 2.34. The first-order chi connectivity index (χ1) is 7.61. The summed E-state index contributed by atoms with van der Waals surface area (Å²) in [5.41, 5.74) is 0.795. The highest BCUT2D eigenvalue weighted by atomic mass is 79.9. The van der Waals surface area contributed by atoms with E-state index < -0.39 is 11.8 Å². The molecule has 0 aliphatic heterocycles. The summed E-state index contributed by atoms with van der Waals surface area (Å²) in [6.45, 7) is 0. The van der Waals surface area contributed by atoms with Crippen LogP contribution < -0.4 is 0 Å². The topological polar surface area (TPSA) is 37.3 Å². The van der Waals surface area contributed by atoms with Gasteiger partial charge in [-0.15, -0.1) is 0 Å². The van der Waals surface area contributed by atoms with E-state index in [0.717, 1.165) is 10.5 Å². The van der Waals surface area contributed by atoms with Gasteiger partial charge in [0.05, 0.1) is 0 Å². The minimum atomic E-state index is -1.26.